The first-order valence-electron chi connectivity index (χ1n) is 4.24. The first-order chi connectivity index (χ1) is 7.41. The number of benzene rings is 1. The number of halogens is 3. The molecule has 0 unspecified atom stereocenters. The molecular weight excluding hydrogens is 310 g/mol. The maximum atomic E-state index is 5.97. The third kappa shape index (κ3) is 3.47. The third-order valence-corrected chi connectivity index (χ3v) is 5.76. The van der Waals surface area contributed by atoms with Gasteiger partial charge in [-0.2, -0.15) is 0 Å². The van der Waals surface area contributed by atoms with Crippen molar-refractivity contribution in [1.82, 2.24) is 10.2 Å². The molecule has 1 rings (SSSR count). The van der Waals surface area contributed by atoms with Crippen LogP contribution in [0.1, 0.15) is 0 Å². The van der Waals surface area contributed by atoms with Crippen LogP contribution in [0.5, 0.6) is 5.75 Å². The van der Waals surface area contributed by atoms with Gasteiger partial charge in [-0.25, -0.2) is 10.2 Å². The molecule has 1 aromatic rings. The zero-order valence-electron chi connectivity index (χ0n) is 8.55. The van der Waals surface area contributed by atoms with E-state index < -0.39 is 6.57 Å². The van der Waals surface area contributed by atoms with E-state index in [1.54, 1.807) is 20.2 Å². The molecule has 0 radical (unpaired) electrons. The molecule has 0 aliphatic carbocycles. The van der Waals surface area contributed by atoms with Gasteiger partial charge in [-0.3, -0.25) is 0 Å². The third-order valence-electron chi connectivity index (χ3n) is 1.79. The van der Waals surface area contributed by atoms with Crippen molar-refractivity contribution in [2.75, 3.05) is 14.1 Å². The minimum absolute atomic E-state index is 0.370. The van der Waals surface area contributed by atoms with Gasteiger partial charge in [0.2, 0.25) is 6.57 Å². The van der Waals surface area contributed by atoms with Crippen LogP contribution in [-0.2, 0) is 11.8 Å². The van der Waals surface area contributed by atoms with Crippen molar-refractivity contribution in [3.8, 4) is 5.75 Å². The predicted molar refractivity (Wildman–Crippen MR) is 74.5 cm³/mol. The topological polar surface area (TPSA) is 33.3 Å². The molecule has 0 saturated carbocycles. The van der Waals surface area contributed by atoms with Crippen molar-refractivity contribution in [2.45, 2.75) is 0 Å². The highest BCUT2D eigenvalue weighted by Crippen LogP contribution is 2.43. The van der Waals surface area contributed by atoms with E-state index >= 15 is 0 Å². The van der Waals surface area contributed by atoms with Gasteiger partial charge in [0.1, 0.15) is 5.75 Å². The molecule has 16 heavy (non-hydrogen) atoms. The van der Waals surface area contributed by atoms with Crippen molar-refractivity contribution < 1.29 is 4.52 Å². The zero-order valence-corrected chi connectivity index (χ0v) is 12.5. The van der Waals surface area contributed by atoms with Crippen LogP contribution in [0.2, 0.25) is 15.1 Å². The molecule has 0 aromatic heterocycles. The van der Waals surface area contributed by atoms with E-state index in [9.17, 15) is 0 Å². The Balaban J connectivity index is 3.06. The van der Waals surface area contributed by atoms with E-state index in [-0.39, 0.29) is 0 Å². The normalized spacial score (nSPS) is 11.6. The van der Waals surface area contributed by atoms with E-state index in [4.69, 9.17) is 51.1 Å². The van der Waals surface area contributed by atoms with Gasteiger partial charge >= 0.3 is 0 Å². The standard InChI is InChI=1S/C8H10Cl3N2OPS/c1-12-15(16,13-2)14-8-4-6(10)5(9)3-7(8)11/h3-4H,1-2H3,(H2,12,13,16). The molecule has 1 aromatic carbocycles. The summed E-state index contributed by atoms with van der Waals surface area (Å²) < 4.78 is 5.60. The summed E-state index contributed by atoms with van der Waals surface area (Å²) in [6, 6.07) is 3.06. The fraction of sp³-hybridized carbons (Fsp3) is 0.250. The van der Waals surface area contributed by atoms with Crippen molar-refractivity contribution in [1.29, 1.82) is 0 Å². The van der Waals surface area contributed by atoms with E-state index in [0.717, 1.165) is 0 Å². The summed E-state index contributed by atoms with van der Waals surface area (Å²) in [4.78, 5) is 0. The van der Waals surface area contributed by atoms with Gasteiger partial charge in [0.05, 0.1) is 15.1 Å². The van der Waals surface area contributed by atoms with Gasteiger partial charge in [-0.05, 0) is 32.0 Å². The summed E-state index contributed by atoms with van der Waals surface area (Å²) in [5.74, 6) is 0.406. The number of hydrogen-bond donors (Lipinski definition) is 2. The Morgan fingerprint density at radius 2 is 1.56 bits per heavy atom. The van der Waals surface area contributed by atoms with Gasteiger partial charge < -0.3 is 4.52 Å². The Morgan fingerprint density at radius 3 is 2.06 bits per heavy atom. The van der Waals surface area contributed by atoms with Crippen LogP contribution in [-0.4, -0.2) is 14.1 Å². The Kier molecular flexibility index (Phi) is 5.33. The number of nitrogens with one attached hydrogen (secondary N) is 2. The average Bonchev–Trinajstić information content (AvgIpc) is 2.25. The van der Waals surface area contributed by atoms with E-state index in [2.05, 4.69) is 10.2 Å². The summed E-state index contributed by atoms with van der Waals surface area (Å²) in [5, 5.41) is 6.91. The molecule has 0 amide bonds. The molecule has 0 spiro atoms. The lowest BCUT2D eigenvalue weighted by Gasteiger charge is -2.22. The molecule has 0 heterocycles. The van der Waals surface area contributed by atoms with Gasteiger partial charge in [0.25, 0.3) is 0 Å². The SMILES string of the molecule is CNP(=S)(NC)Oc1cc(Cl)c(Cl)cc1Cl. The summed E-state index contributed by atoms with van der Waals surface area (Å²) >= 11 is 22.9. The molecular formula is C8H10Cl3N2OPS. The Hall–Kier alpha value is 0.460. The zero-order chi connectivity index (χ0) is 12.3. The molecule has 0 fully saturated rings. The van der Waals surface area contributed by atoms with Gasteiger partial charge in [0.15, 0.2) is 0 Å². The Labute approximate surface area is 115 Å². The van der Waals surface area contributed by atoms with E-state index in [1.165, 1.54) is 6.07 Å². The van der Waals surface area contributed by atoms with E-state index in [0.29, 0.717) is 20.8 Å². The monoisotopic (exact) mass is 318 g/mol. The highest BCUT2D eigenvalue weighted by Gasteiger charge is 2.17. The molecule has 2 N–H and O–H groups in total. The molecule has 0 saturated heterocycles. The average molecular weight is 320 g/mol. The van der Waals surface area contributed by atoms with Crippen molar-refractivity contribution >= 4 is 53.2 Å². The second kappa shape index (κ2) is 5.87. The van der Waals surface area contributed by atoms with Crippen molar-refractivity contribution in [3.63, 3.8) is 0 Å². The summed E-state index contributed by atoms with van der Waals surface area (Å²) in [6.07, 6.45) is 0. The van der Waals surface area contributed by atoms with Crippen LogP contribution >= 0.6 is 41.4 Å². The van der Waals surface area contributed by atoms with E-state index in [1.807, 2.05) is 0 Å². The summed E-state index contributed by atoms with van der Waals surface area (Å²) in [7, 11) is 3.42. The van der Waals surface area contributed by atoms with Crippen molar-refractivity contribution in [2.24, 2.45) is 0 Å². The lowest BCUT2D eigenvalue weighted by molar-refractivity contribution is 0.592. The summed E-state index contributed by atoms with van der Waals surface area (Å²) in [6.45, 7) is -2.32. The minimum atomic E-state index is -2.32. The fourth-order valence-electron chi connectivity index (χ4n) is 0.916. The highest BCUT2D eigenvalue weighted by molar-refractivity contribution is 8.10. The lowest BCUT2D eigenvalue weighted by Crippen LogP contribution is -2.19. The van der Waals surface area contributed by atoms with Crippen LogP contribution in [0, 0.1) is 0 Å². The van der Waals surface area contributed by atoms with Crippen LogP contribution in [0.25, 0.3) is 0 Å². The smallest absolute Gasteiger partial charge is 0.247 e. The molecule has 0 bridgehead atoms. The first kappa shape index (κ1) is 14.5. The molecule has 0 aliphatic heterocycles. The number of rotatable bonds is 4. The molecule has 0 atom stereocenters. The first-order valence-corrected chi connectivity index (χ1v) is 8.09. The largest absolute Gasteiger partial charge is 0.440 e. The minimum Gasteiger partial charge on any atom is -0.440 e. The van der Waals surface area contributed by atoms with Crippen LogP contribution in [0.4, 0.5) is 0 Å². The van der Waals surface area contributed by atoms with Gasteiger partial charge in [-0.1, -0.05) is 34.8 Å². The maximum Gasteiger partial charge on any atom is 0.247 e. The summed E-state index contributed by atoms with van der Waals surface area (Å²) in [5.41, 5.74) is 0. The highest BCUT2D eigenvalue weighted by atomic mass is 35.5. The second-order valence-electron chi connectivity index (χ2n) is 2.79. The maximum absolute atomic E-state index is 5.97. The fourth-order valence-corrected chi connectivity index (χ4v) is 2.62. The second-order valence-corrected chi connectivity index (χ2v) is 7.73. The molecule has 90 valence electrons. The molecule has 0 aliphatic rings. The van der Waals surface area contributed by atoms with Crippen LogP contribution in [0.3, 0.4) is 0 Å². The molecule has 3 nitrogen and oxygen atoms in total. The predicted octanol–water partition coefficient (Wildman–Crippen LogP) is 3.69. The van der Waals surface area contributed by atoms with Crippen molar-refractivity contribution in [3.05, 3.63) is 27.2 Å². The molecule has 8 heteroatoms. The Morgan fingerprint density at radius 1 is 1.06 bits per heavy atom. The van der Waals surface area contributed by atoms with Crippen LogP contribution < -0.4 is 14.7 Å². The number of hydrogen-bond acceptors (Lipinski definition) is 2. The van der Waals surface area contributed by atoms with Gasteiger partial charge in [-0.15, -0.1) is 0 Å². The quantitative estimate of drug-likeness (QED) is 0.655. The van der Waals surface area contributed by atoms with Gasteiger partial charge in [0, 0.05) is 6.07 Å². The van der Waals surface area contributed by atoms with Crippen LogP contribution in [0.15, 0.2) is 12.1 Å². The Bertz CT molecular complexity index is 436. The lowest BCUT2D eigenvalue weighted by atomic mass is 10.3.